The Morgan fingerprint density at radius 2 is 1.94 bits per heavy atom. The van der Waals surface area contributed by atoms with Gasteiger partial charge in [-0.1, -0.05) is 12.7 Å². The van der Waals surface area contributed by atoms with Crippen molar-refractivity contribution < 1.29 is 14.2 Å². The van der Waals surface area contributed by atoms with E-state index in [0.29, 0.717) is 17.9 Å². The maximum Gasteiger partial charge on any atom is 0.172 e. The number of benzene rings is 1. The summed E-state index contributed by atoms with van der Waals surface area (Å²) in [5.41, 5.74) is 0.950. The van der Waals surface area contributed by atoms with E-state index in [4.69, 9.17) is 14.2 Å². The third-order valence-electron chi connectivity index (χ3n) is 2.13. The Balaban J connectivity index is 3.27. The first-order valence-electron chi connectivity index (χ1n) is 4.90. The molecule has 1 aromatic carbocycles. The minimum absolute atomic E-state index is 0.621. The van der Waals surface area contributed by atoms with Gasteiger partial charge in [0.2, 0.25) is 0 Å². The summed E-state index contributed by atoms with van der Waals surface area (Å²) in [5.74, 6) is 2.00. The zero-order valence-electron chi connectivity index (χ0n) is 9.66. The lowest BCUT2D eigenvalue weighted by molar-refractivity contribution is 0.366. The Bertz CT molecular complexity index is 383. The van der Waals surface area contributed by atoms with Gasteiger partial charge in [-0.15, -0.1) is 6.58 Å². The molecule has 0 saturated heterocycles. The first-order valence-corrected chi connectivity index (χ1v) is 4.90. The molecule has 0 aromatic heterocycles. The third kappa shape index (κ3) is 2.57. The summed E-state index contributed by atoms with van der Waals surface area (Å²) in [6.45, 7) is 7.25. The fraction of sp³-hybridized carbons (Fsp3) is 0.231. The van der Waals surface area contributed by atoms with Gasteiger partial charge in [0, 0.05) is 11.6 Å². The van der Waals surface area contributed by atoms with E-state index >= 15 is 0 Å². The highest BCUT2D eigenvalue weighted by Gasteiger charge is 2.12. The van der Waals surface area contributed by atoms with E-state index in [1.807, 2.05) is 6.07 Å². The largest absolute Gasteiger partial charge is 0.497 e. The first kappa shape index (κ1) is 12.2. The summed E-state index contributed by atoms with van der Waals surface area (Å²) in [5, 5.41) is 0. The van der Waals surface area contributed by atoms with Gasteiger partial charge in [0.25, 0.3) is 0 Å². The molecular weight excluding hydrogens is 204 g/mol. The maximum absolute atomic E-state index is 5.35. The fourth-order valence-electron chi connectivity index (χ4n) is 1.43. The molecule has 1 aromatic rings. The van der Waals surface area contributed by atoms with Crippen LogP contribution in [0.4, 0.5) is 0 Å². The second-order valence-corrected chi connectivity index (χ2v) is 3.10. The fourth-order valence-corrected chi connectivity index (χ4v) is 1.43. The molecule has 86 valence electrons. The highest BCUT2D eigenvalue weighted by atomic mass is 16.5. The number of hydrogen-bond donors (Lipinski definition) is 0. The molecule has 0 unspecified atom stereocenters. The van der Waals surface area contributed by atoms with Crippen LogP contribution in [-0.4, -0.2) is 14.2 Å². The normalized spacial score (nSPS) is 9.38. The molecule has 0 spiro atoms. The Morgan fingerprint density at radius 3 is 2.44 bits per heavy atom. The molecule has 0 heterocycles. The minimum Gasteiger partial charge on any atom is -0.497 e. The summed E-state index contributed by atoms with van der Waals surface area (Å²) in [7, 11) is 3.20. The van der Waals surface area contributed by atoms with Crippen molar-refractivity contribution in [3.8, 4) is 17.2 Å². The van der Waals surface area contributed by atoms with E-state index < -0.39 is 0 Å². The van der Waals surface area contributed by atoms with Gasteiger partial charge >= 0.3 is 0 Å². The summed E-state index contributed by atoms with van der Waals surface area (Å²) in [6, 6.07) is 3.66. The van der Waals surface area contributed by atoms with Crippen LogP contribution >= 0.6 is 0 Å². The Hall–Kier alpha value is -1.90. The van der Waals surface area contributed by atoms with Gasteiger partial charge in [0.1, 0.15) is 5.75 Å². The van der Waals surface area contributed by atoms with Crippen LogP contribution in [0.5, 0.6) is 17.2 Å². The molecule has 0 aliphatic heterocycles. The summed E-state index contributed by atoms with van der Waals surface area (Å²) in [4.78, 5) is 0. The van der Waals surface area contributed by atoms with Crippen LogP contribution in [0.2, 0.25) is 0 Å². The molecule has 0 N–H and O–H groups in total. The molecule has 3 nitrogen and oxygen atoms in total. The van der Waals surface area contributed by atoms with Gasteiger partial charge in [0.15, 0.2) is 11.5 Å². The Morgan fingerprint density at radius 1 is 1.19 bits per heavy atom. The lowest BCUT2D eigenvalue weighted by Gasteiger charge is -2.13. The van der Waals surface area contributed by atoms with E-state index in [9.17, 15) is 0 Å². The van der Waals surface area contributed by atoms with Gasteiger partial charge in [-0.25, -0.2) is 0 Å². The zero-order valence-corrected chi connectivity index (χ0v) is 9.66. The van der Waals surface area contributed by atoms with E-state index in [1.165, 1.54) is 6.26 Å². The van der Waals surface area contributed by atoms with Gasteiger partial charge in [-0.05, 0) is 12.5 Å². The van der Waals surface area contributed by atoms with Crippen LogP contribution in [-0.2, 0) is 6.42 Å². The van der Waals surface area contributed by atoms with Crippen molar-refractivity contribution in [1.82, 2.24) is 0 Å². The van der Waals surface area contributed by atoms with Crippen molar-refractivity contribution in [1.29, 1.82) is 0 Å². The Labute approximate surface area is 95.9 Å². The van der Waals surface area contributed by atoms with Gasteiger partial charge in [-0.2, -0.15) is 0 Å². The monoisotopic (exact) mass is 220 g/mol. The molecule has 16 heavy (non-hydrogen) atoms. The van der Waals surface area contributed by atoms with Crippen molar-refractivity contribution in [3.63, 3.8) is 0 Å². The number of rotatable bonds is 6. The van der Waals surface area contributed by atoms with Crippen LogP contribution in [0.15, 0.2) is 37.6 Å². The van der Waals surface area contributed by atoms with Crippen molar-refractivity contribution >= 4 is 0 Å². The standard InChI is InChI=1S/C13H16O3/c1-5-7-10-8-11(14-3)9-12(15-4)13(10)16-6-2/h5-6,8-9H,1-2,7H2,3-4H3. The second kappa shape index (κ2) is 5.85. The average molecular weight is 220 g/mol. The van der Waals surface area contributed by atoms with Gasteiger partial charge in [0.05, 0.1) is 20.5 Å². The predicted octanol–water partition coefficient (Wildman–Crippen LogP) is 2.95. The smallest absolute Gasteiger partial charge is 0.172 e. The highest BCUT2D eigenvalue weighted by molar-refractivity contribution is 5.52. The molecule has 0 aliphatic carbocycles. The van der Waals surface area contributed by atoms with Crippen molar-refractivity contribution in [2.24, 2.45) is 0 Å². The molecule has 0 atom stereocenters. The Kier molecular flexibility index (Phi) is 4.45. The van der Waals surface area contributed by atoms with E-state index in [-0.39, 0.29) is 0 Å². The lowest BCUT2D eigenvalue weighted by Crippen LogP contribution is -1.96. The molecule has 3 heteroatoms. The van der Waals surface area contributed by atoms with Crippen LogP contribution < -0.4 is 14.2 Å². The zero-order chi connectivity index (χ0) is 12.0. The summed E-state index contributed by atoms with van der Waals surface area (Å²) < 4.78 is 15.8. The van der Waals surface area contributed by atoms with Gasteiger partial charge in [-0.3, -0.25) is 0 Å². The maximum atomic E-state index is 5.35. The summed E-state index contributed by atoms with van der Waals surface area (Å²) >= 11 is 0. The predicted molar refractivity (Wildman–Crippen MR) is 64.3 cm³/mol. The first-order chi connectivity index (χ1) is 7.76. The van der Waals surface area contributed by atoms with Crippen LogP contribution in [0.3, 0.4) is 0 Å². The van der Waals surface area contributed by atoms with Crippen molar-refractivity contribution in [3.05, 3.63) is 43.2 Å². The number of ether oxygens (including phenoxy) is 3. The van der Waals surface area contributed by atoms with E-state index in [2.05, 4.69) is 13.2 Å². The lowest BCUT2D eigenvalue weighted by atomic mass is 10.1. The quantitative estimate of drug-likeness (QED) is 0.545. The SMILES string of the molecule is C=CCc1cc(OC)cc(OC)c1OC=C. The van der Waals surface area contributed by atoms with Crippen molar-refractivity contribution in [2.75, 3.05) is 14.2 Å². The molecule has 1 rings (SSSR count). The summed E-state index contributed by atoms with van der Waals surface area (Å²) in [6.07, 6.45) is 3.85. The van der Waals surface area contributed by atoms with E-state index in [0.717, 1.165) is 11.3 Å². The molecule has 0 amide bonds. The van der Waals surface area contributed by atoms with Crippen LogP contribution in [0.1, 0.15) is 5.56 Å². The molecule has 0 radical (unpaired) electrons. The van der Waals surface area contributed by atoms with E-state index in [1.54, 1.807) is 26.4 Å². The van der Waals surface area contributed by atoms with Crippen LogP contribution in [0.25, 0.3) is 0 Å². The number of allylic oxidation sites excluding steroid dienone is 1. The second-order valence-electron chi connectivity index (χ2n) is 3.10. The molecule has 0 saturated carbocycles. The minimum atomic E-state index is 0.621. The van der Waals surface area contributed by atoms with Gasteiger partial charge < -0.3 is 14.2 Å². The van der Waals surface area contributed by atoms with Crippen LogP contribution in [0, 0.1) is 0 Å². The topological polar surface area (TPSA) is 27.7 Å². The molecule has 0 fully saturated rings. The molecular formula is C13H16O3. The number of hydrogen-bond acceptors (Lipinski definition) is 3. The number of methoxy groups -OCH3 is 2. The highest BCUT2D eigenvalue weighted by Crippen LogP contribution is 2.36. The molecule has 0 aliphatic rings. The molecule has 0 bridgehead atoms. The third-order valence-corrected chi connectivity index (χ3v) is 2.13. The average Bonchev–Trinajstić information content (AvgIpc) is 2.31. The van der Waals surface area contributed by atoms with Crippen molar-refractivity contribution in [2.45, 2.75) is 6.42 Å².